The molecule has 1 N–H and O–H groups in total. The van der Waals surface area contributed by atoms with Crippen molar-refractivity contribution in [2.24, 2.45) is 10.4 Å². The van der Waals surface area contributed by atoms with E-state index in [2.05, 4.69) is 15.2 Å². The fourth-order valence-corrected chi connectivity index (χ4v) is 3.80. The Balaban J connectivity index is 0.00000208. The van der Waals surface area contributed by atoms with E-state index in [1.165, 1.54) is 25.7 Å². The topological polar surface area (TPSA) is 36.9 Å². The van der Waals surface area contributed by atoms with Crippen LogP contribution in [0.3, 0.4) is 0 Å². The van der Waals surface area contributed by atoms with Crippen molar-refractivity contribution in [3.63, 3.8) is 0 Å². The molecular formula is C18H27ClIN3O. The number of nitrogens with zero attached hydrogens (tertiary/aromatic N) is 2. The highest BCUT2D eigenvalue weighted by molar-refractivity contribution is 14.0. The first-order valence-corrected chi connectivity index (χ1v) is 8.86. The van der Waals surface area contributed by atoms with E-state index < -0.39 is 0 Å². The predicted octanol–water partition coefficient (Wildman–Crippen LogP) is 3.93. The highest BCUT2D eigenvalue weighted by atomic mass is 127. The molecule has 6 heteroatoms. The zero-order chi connectivity index (χ0) is 16.1. The molecule has 134 valence electrons. The number of hydrogen-bond acceptors (Lipinski definition) is 2. The third-order valence-corrected chi connectivity index (χ3v) is 5.29. The third kappa shape index (κ3) is 4.99. The Morgan fingerprint density at radius 2 is 2.21 bits per heavy atom. The summed E-state index contributed by atoms with van der Waals surface area (Å²) in [6.07, 6.45) is 5.50. The second kappa shape index (κ2) is 9.25. The average Bonchev–Trinajstić information content (AvgIpc) is 2.97. The van der Waals surface area contributed by atoms with Crippen LogP contribution >= 0.6 is 35.6 Å². The minimum absolute atomic E-state index is 0. The first kappa shape index (κ1) is 19.8. The lowest BCUT2D eigenvalue weighted by Gasteiger charge is -2.38. The molecule has 1 aromatic carbocycles. The van der Waals surface area contributed by atoms with Crippen LogP contribution in [0.4, 0.5) is 0 Å². The molecule has 1 saturated heterocycles. The monoisotopic (exact) mass is 463 g/mol. The molecule has 1 aliphatic heterocycles. The smallest absolute Gasteiger partial charge is 0.193 e. The molecule has 3 rings (SSSR count). The van der Waals surface area contributed by atoms with Gasteiger partial charge < -0.3 is 15.0 Å². The Bertz CT molecular complexity index is 563. The molecule has 0 unspecified atom stereocenters. The molecule has 1 saturated carbocycles. The Morgan fingerprint density at radius 3 is 2.83 bits per heavy atom. The molecule has 0 bridgehead atoms. The van der Waals surface area contributed by atoms with Crippen molar-refractivity contribution in [3.05, 3.63) is 34.9 Å². The molecule has 2 aliphatic rings. The van der Waals surface area contributed by atoms with Crippen LogP contribution in [0.5, 0.6) is 0 Å². The summed E-state index contributed by atoms with van der Waals surface area (Å²) in [5, 5.41) is 4.17. The van der Waals surface area contributed by atoms with Crippen molar-refractivity contribution < 1.29 is 4.74 Å². The van der Waals surface area contributed by atoms with E-state index in [4.69, 9.17) is 16.3 Å². The molecule has 1 aliphatic carbocycles. The van der Waals surface area contributed by atoms with Gasteiger partial charge in [-0.25, -0.2) is 0 Å². The highest BCUT2D eigenvalue weighted by Gasteiger charge is 2.43. The summed E-state index contributed by atoms with van der Waals surface area (Å²) < 4.78 is 5.71. The fraction of sp³-hybridized carbons (Fsp3) is 0.611. The van der Waals surface area contributed by atoms with Gasteiger partial charge in [-0.3, -0.25) is 4.99 Å². The van der Waals surface area contributed by atoms with E-state index in [1.54, 1.807) is 0 Å². The molecule has 0 amide bonds. The molecular weight excluding hydrogens is 437 g/mol. The van der Waals surface area contributed by atoms with Gasteiger partial charge in [-0.05, 0) is 42.4 Å². The Hall–Kier alpha value is -0.530. The van der Waals surface area contributed by atoms with E-state index in [-0.39, 0.29) is 24.0 Å². The zero-order valence-electron chi connectivity index (χ0n) is 14.3. The van der Waals surface area contributed by atoms with Crippen LogP contribution < -0.4 is 5.32 Å². The van der Waals surface area contributed by atoms with E-state index in [9.17, 15) is 0 Å². The molecule has 0 radical (unpaired) electrons. The Labute approximate surface area is 167 Å². The van der Waals surface area contributed by atoms with Gasteiger partial charge in [0.25, 0.3) is 0 Å². The molecule has 0 atom stereocenters. The third-order valence-electron chi connectivity index (χ3n) is 5.05. The summed E-state index contributed by atoms with van der Waals surface area (Å²) in [7, 11) is 1.86. The van der Waals surface area contributed by atoms with Crippen LogP contribution in [0.25, 0.3) is 0 Å². The quantitative estimate of drug-likeness (QED) is 0.311. The van der Waals surface area contributed by atoms with Crippen molar-refractivity contribution in [3.8, 4) is 0 Å². The summed E-state index contributed by atoms with van der Waals surface area (Å²) in [6.45, 7) is 4.31. The summed E-state index contributed by atoms with van der Waals surface area (Å²) in [4.78, 5) is 6.82. The van der Waals surface area contributed by atoms with E-state index in [0.29, 0.717) is 18.6 Å². The first-order valence-electron chi connectivity index (χ1n) is 8.49. The van der Waals surface area contributed by atoms with Crippen molar-refractivity contribution in [2.75, 3.05) is 33.3 Å². The molecule has 1 aromatic rings. The number of nitrogens with one attached hydrogen (secondary N) is 1. The fourth-order valence-electron chi connectivity index (χ4n) is 3.58. The van der Waals surface area contributed by atoms with Crippen molar-refractivity contribution in [1.29, 1.82) is 0 Å². The second-order valence-electron chi connectivity index (χ2n) is 6.68. The minimum atomic E-state index is 0. The Morgan fingerprint density at radius 1 is 1.38 bits per heavy atom. The van der Waals surface area contributed by atoms with Crippen molar-refractivity contribution >= 4 is 41.5 Å². The van der Waals surface area contributed by atoms with E-state index in [0.717, 1.165) is 36.2 Å². The number of likely N-dealkylation sites (tertiary alicyclic amines) is 1. The number of hydrogen-bond donors (Lipinski definition) is 1. The number of aliphatic imine (C=N–C) groups is 1. The van der Waals surface area contributed by atoms with Gasteiger partial charge in [-0.1, -0.05) is 30.2 Å². The van der Waals surface area contributed by atoms with Gasteiger partial charge in [0, 0.05) is 31.7 Å². The molecule has 1 heterocycles. The lowest BCUT2D eigenvalue weighted by molar-refractivity contribution is 0.124. The summed E-state index contributed by atoms with van der Waals surface area (Å²) in [5.41, 5.74) is 1.70. The van der Waals surface area contributed by atoms with Gasteiger partial charge in [0.05, 0.1) is 13.2 Å². The molecule has 24 heavy (non-hydrogen) atoms. The van der Waals surface area contributed by atoms with Crippen LogP contribution in [0.15, 0.2) is 29.3 Å². The Kier molecular flexibility index (Phi) is 7.62. The van der Waals surface area contributed by atoms with Gasteiger partial charge in [0.2, 0.25) is 0 Å². The number of rotatable bonds is 5. The van der Waals surface area contributed by atoms with Crippen LogP contribution in [-0.4, -0.2) is 44.1 Å². The second-order valence-corrected chi connectivity index (χ2v) is 7.12. The number of ether oxygens (including phenoxy) is 1. The highest BCUT2D eigenvalue weighted by Crippen LogP contribution is 2.47. The van der Waals surface area contributed by atoms with Gasteiger partial charge in [0.1, 0.15) is 0 Å². The van der Waals surface area contributed by atoms with Crippen LogP contribution in [0, 0.1) is 5.41 Å². The summed E-state index contributed by atoms with van der Waals surface area (Å²) >= 11 is 5.97. The first-order chi connectivity index (χ1) is 11.2. The summed E-state index contributed by atoms with van der Waals surface area (Å²) in [6, 6.07) is 7.79. The number of halogens is 2. The molecule has 1 spiro atoms. The normalized spacial score (nSPS) is 19.1. The van der Waals surface area contributed by atoms with Gasteiger partial charge in [-0.15, -0.1) is 24.0 Å². The lowest BCUT2D eigenvalue weighted by Crippen LogP contribution is -2.43. The van der Waals surface area contributed by atoms with Crippen LogP contribution in [0.2, 0.25) is 5.02 Å². The van der Waals surface area contributed by atoms with E-state index >= 15 is 0 Å². The van der Waals surface area contributed by atoms with Crippen molar-refractivity contribution in [1.82, 2.24) is 10.2 Å². The van der Waals surface area contributed by atoms with E-state index in [1.807, 2.05) is 31.3 Å². The predicted molar refractivity (Wildman–Crippen MR) is 110 cm³/mol. The van der Waals surface area contributed by atoms with Crippen LogP contribution in [-0.2, 0) is 11.3 Å². The van der Waals surface area contributed by atoms with Gasteiger partial charge in [0.15, 0.2) is 5.96 Å². The largest absolute Gasteiger partial charge is 0.375 e. The SMILES string of the molecule is CN=C(NCCOCc1cccc(Cl)c1)N1CCC2(CCC2)C1.I. The maximum atomic E-state index is 5.97. The zero-order valence-corrected chi connectivity index (χ0v) is 17.3. The van der Waals surface area contributed by atoms with Gasteiger partial charge >= 0.3 is 0 Å². The summed E-state index contributed by atoms with van der Waals surface area (Å²) in [5.74, 6) is 1.01. The molecule has 4 nitrogen and oxygen atoms in total. The standard InChI is InChI=1S/C18H26ClN3O.HI/c1-20-17(22-10-8-18(14-22)6-3-7-18)21-9-11-23-13-15-4-2-5-16(19)12-15;/h2,4-5,12H,3,6-11,13-14H2,1H3,(H,20,21);1H. The number of guanidine groups is 1. The minimum Gasteiger partial charge on any atom is -0.375 e. The maximum Gasteiger partial charge on any atom is 0.193 e. The van der Waals surface area contributed by atoms with Crippen LogP contribution in [0.1, 0.15) is 31.2 Å². The number of benzene rings is 1. The molecule has 0 aromatic heterocycles. The lowest BCUT2D eigenvalue weighted by atomic mass is 9.68. The molecule has 2 fully saturated rings. The maximum absolute atomic E-state index is 5.97. The van der Waals surface area contributed by atoms with Gasteiger partial charge in [-0.2, -0.15) is 0 Å². The van der Waals surface area contributed by atoms with Crippen molar-refractivity contribution in [2.45, 2.75) is 32.3 Å². The average molecular weight is 464 g/mol.